The molecular weight excluding hydrogens is 212 g/mol. The Morgan fingerprint density at radius 3 is 2.47 bits per heavy atom. The second kappa shape index (κ2) is 4.97. The number of amides is 1. The molecule has 98 valence electrons. The summed E-state index contributed by atoms with van der Waals surface area (Å²) < 4.78 is 0. The van der Waals surface area contributed by atoms with Crippen LogP contribution in [-0.4, -0.2) is 29.1 Å². The first-order valence-corrected chi connectivity index (χ1v) is 7.18. The third kappa shape index (κ3) is 2.10. The Labute approximate surface area is 105 Å². The average molecular weight is 238 g/mol. The van der Waals surface area contributed by atoms with Crippen molar-refractivity contribution in [3.63, 3.8) is 0 Å². The zero-order valence-electron chi connectivity index (χ0n) is 11.6. The van der Waals surface area contributed by atoms with E-state index >= 15 is 0 Å². The van der Waals surface area contributed by atoms with E-state index in [1.165, 1.54) is 19.3 Å². The van der Waals surface area contributed by atoms with Crippen molar-refractivity contribution in [2.75, 3.05) is 0 Å². The van der Waals surface area contributed by atoms with Crippen molar-refractivity contribution >= 4 is 5.91 Å². The van der Waals surface area contributed by atoms with E-state index in [4.69, 9.17) is 0 Å². The van der Waals surface area contributed by atoms with Crippen molar-refractivity contribution in [2.45, 2.75) is 71.6 Å². The molecule has 0 aromatic rings. The summed E-state index contributed by atoms with van der Waals surface area (Å²) >= 11 is 0. The monoisotopic (exact) mass is 238 g/mol. The predicted molar refractivity (Wildman–Crippen MR) is 69.5 cm³/mol. The van der Waals surface area contributed by atoms with Crippen LogP contribution in [0.5, 0.6) is 0 Å². The van der Waals surface area contributed by atoms with Gasteiger partial charge in [-0.1, -0.05) is 27.2 Å². The van der Waals surface area contributed by atoms with Gasteiger partial charge in [-0.15, -0.1) is 0 Å². The van der Waals surface area contributed by atoms with E-state index < -0.39 is 0 Å². The zero-order valence-corrected chi connectivity index (χ0v) is 11.6. The molecule has 3 heteroatoms. The van der Waals surface area contributed by atoms with Gasteiger partial charge in [-0.05, 0) is 38.0 Å². The summed E-state index contributed by atoms with van der Waals surface area (Å²) in [5.41, 5.74) is 0. The van der Waals surface area contributed by atoms with Gasteiger partial charge in [0.1, 0.15) is 0 Å². The van der Waals surface area contributed by atoms with E-state index in [1.54, 1.807) is 0 Å². The first kappa shape index (κ1) is 12.9. The number of hydrogen-bond donors (Lipinski definition) is 1. The van der Waals surface area contributed by atoms with Gasteiger partial charge in [0.05, 0.1) is 12.2 Å². The summed E-state index contributed by atoms with van der Waals surface area (Å²) in [5.74, 6) is 1.77. The highest BCUT2D eigenvalue weighted by Gasteiger charge is 2.44. The minimum absolute atomic E-state index is 0.00725. The van der Waals surface area contributed by atoms with Crippen LogP contribution in [-0.2, 0) is 4.79 Å². The van der Waals surface area contributed by atoms with E-state index in [0.717, 1.165) is 12.3 Å². The van der Waals surface area contributed by atoms with Crippen LogP contribution in [0.2, 0.25) is 0 Å². The molecule has 2 rings (SSSR count). The fourth-order valence-electron chi connectivity index (χ4n) is 3.72. The van der Waals surface area contributed by atoms with Crippen LogP contribution in [0.15, 0.2) is 0 Å². The van der Waals surface area contributed by atoms with Crippen LogP contribution in [0.3, 0.4) is 0 Å². The van der Waals surface area contributed by atoms with Gasteiger partial charge in [-0.3, -0.25) is 10.1 Å². The molecule has 1 aliphatic carbocycles. The fraction of sp³-hybridized carbons (Fsp3) is 0.929. The van der Waals surface area contributed by atoms with Crippen LogP contribution in [0.25, 0.3) is 0 Å². The minimum atomic E-state index is 0.00725. The highest BCUT2D eigenvalue weighted by atomic mass is 16.2. The second-order valence-electron chi connectivity index (χ2n) is 5.73. The molecule has 0 spiro atoms. The maximum absolute atomic E-state index is 12.3. The summed E-state index contributed by atoms with van der Waals surface area (Å²) in [5, 5.41) is 3.41. The molecule has 0 bridgehead atoms. The Kier molecular flexibility index (Phi) is 3.76. The van der Waals surface area contributed by atoms with Crippen molar-refractivity contribution in [3.05, 3.63) is 0 Å². The Morgan fingerprint density at radius 1 is 1.24 bits per heavy atom. The molecule has 5 unspecified atom stereocenters. The molecule has 0 radical (unpaired) electrons. The van der Waals surface area contributed by atoms with Crippen LogP contribution >= 0.6 is 0 Å². The lowest BCUT2D eigenvalue weighted by molar-refractivity contribution is -0.132. The lowest BCUT2D eigenvalue weighted by Crippen LogP contribution is -2.46. The SMILES string of the molecule is CCC1CCC(N2C(=O)C(C)NC2CC)C1C. The molecule has 1 heterocycles. The normalized spacial score (nSPS) is 42.5. The molecular formula is C14H26N2O. The summed E-state index contributed by atoms with van der Waals surface area (Å²) in [4.78, 5) is 14.4. The molecule has 0 aromatic heterocycles. The molecule has 2 fully saturated rings. The van der Waals surface area contributed by atoms with Crippen molar-refractivity contribution in [3.8, 4) is 0 Å². The van der Waals surface area contributed by atoms with Crippen molar-refractivity contribution in [1.29, 1.82) is 0 Å². The van der Waals surface area contributed by atoms with E-state index in [1.807, 2.05) is 6.92 Å². The van der Waals surface area contributed by atoms with Crippen LogP contribution in [0.4, 0.5) is 0 Å². The lowest BCUT2D eigenvalue weighted by Gasteiger charge is -2.33. The van der Waals surface area contributed by atoms with Gasteiger partial charge in [0.25, 0.3) is 0 Å². The maximum atomic E-state index is 12.3. The molecule has 3 nitrogen and oxygen atoms in total. The third-order valence-corrected chi connectivity index (χ3v) is 4.86. The highest BCUT2D eigenvalue weighted by Crippen LogP contribution is 2.39. The van der Waals surface area contributed by atoms with Gasteiger partial charge in [0, 0.05) is 6.04 Å². The Balaban J connectivity index is 2.13. The van der Waals surface area contributed by atoms with Gasteiger partial charge in [0.2, 0.25) is 5.91 Å². The van der Waals surface area contributed by atoms with E-state index in [9.17, 15) is 4.79 Å². The summed E-state index contributed by atoms with van der Waals surface area (Å²) in [7, 11) is 0. The van der Waals surface area contributed by atoms with Crippen LogP contribution < -0.4 is 5.32 Å². The number of nitrogens with zero attached hydrogens (tertiary/aromatic N) is 1. The van der Waals surface area contributed by atoms with E-state index in [2.05, 4.69) is 31.0 Å². The average Bonchev–Trinajstić information content (AvgIpc) is 2.81. The standard InChI is InChI=1S/C14H26N2O/c1-5-11-7-8-12(9(11)3)16-13(6-2)15-10(4)14(16)17/h9-13,15H,5-8H2,1-4H3. The summed E-state index contributed by atoms with van der Waals surface area (Å²) in [6.45, 7) is 8.75. The fourth-order valence-corrected chi connectivity index (χ4v) is 3.72. The second-order valence-corrected chi connectivity index (χ2v) is 5.73. The van der Waals surface area contributed by atoms with Crippen molar-refractivity contribution in [1.82, 2.24) is 10.2 Å². The first-order chi connectivity index (χ1) is 8.10. The predicted octanol–water partition coefficient (Wildman–Crippen LogP) is 2.37. The molecule has 17 heavy (non-hydrogen) atoms. The van der Waals surface area contributed by atoms with Gasteiger partial charge in [0.15, 0.2) is 0 Å². The Bertz CT molecular complexity index is 292. The highest BCUT2D eigenvalue weighted by molar-refractivity contribution is 5.84. The van der Waals surface area contributed by atoms with Crippen molar-refractivity contribution < 1.29 is 4.79 Å². The molecule has 1 N–H and O–H groups in total. The topological polar surface area (TPSA) is 32.3 Å². The third-order valence-electron chi connectivity index (χ3n) is 4.86. The smallest absolute Gasteiger partial charge is 0.240 e. The number of carbonyl (C=O) groups is 1. The molecule has 1 saturated carbocycles. The van der Waals surface area contributed by atoms with Gasteiger partial charge in [-0.25, -0.2) is 0 Å². The maximum Gasteiger partial charge on any atom is 0.240 e. The number of rotatable bonds is 3. The van der Waals surface area contributed by atoms with Gasteiger partial charge in [-0.2, -0.15) is 0 Å². The van der Waals surface area contributed by atoms with Crippen molar-refractivity contribution in [2.24, 2.45) is 11.8 Å². The number of nitrogens with one attached hydrogen (secondary N) is 1. The molecule has 1 aliphatic heterocycles. The number of carbonyl (C=O) groups excluding carboxylic acids is 1. The first-order valence-electron chi connectivity index (χ1n) is 7.18. The zero-order chi connectivity index (χ0) is 12.6. The van der Waals surface area contributed by atoms with E-state index in [-0.39, 0.29) is 12.2 Å². The van der Waals surface area contributed by atoms with E-state index in [0.29, 0.717) is 17.9 Å². The molecule has 1 saturated heterocycles. The lowest BCUT2D eigenvalue weighted by atomic mass is 9.92. The van der Waals surface area contributed by atoms with Crippen LogP contribution in [0, 0.1) is 11.8 Å². The Hall–Kier alpha value is -0.570. The molecule has 2 aliphatic rings. The van der Waals surface area contributed by atoms with Crippen LogP contribution in [0.1, 0.15) is 53.4 Å². The number of hydrogen-bond acceptors (Lipinski definition) is 2. The quantitative estimate of drug-likeness (QED) is 0.818. The Morgan fingerprint density at radius 2 is 1.94 bits per heavy atom. The molecule has 0 aromatic carbocycles. The van der Waals surface area contributed by atoms with Gasteiger partial charge < -0.3 is 4.90 Å². The van der Waals surface area contributed by atoms with Gasteiger partial charge >= 0.3 is 0 Å². The summed E-state index contributed by atoms with van der Waals surface area (Å²) in [6, 6.07) is 0.475. The summed E-state index contributed by atoms with van der Waals surface area (Å²) in [6.07, 6.45) is 5.00. The minimum Gasteiger partial charge on any atom is -0.323 e. The largest absolute Gasteiger partial charge is 0.323 e. The molecule has 1 amide bonds. The molecule has 5 atom stereocenters.